The van der Waals surface area contributed by atoms with E-state index in [-0.39, 0.29) is 0 Å². The highest BCUT2D eigenvalue weighted by molar-refractivity contribution is 7.15. The maximum Gasteiger partial charge on any atom is 0.268 e. The highest BCUT2D eigenvalue weighted by atomic mass is 32.1. The van der Waals surface area contributed by atoms with Gasteiger partial charge in [-0.15, -0.1) is 11.3 Å². The van der Waals surface area contributed by atoms with E-state index in [1.54, 1.807) is 17.7 Å². The van der Waals surface area contributed by atoms with Crippen molar-refractivity contribution in [2.45, 2.75) is 19.4 Å². The van der Waals surface area contributed by atoms with E-state index in [1.165, 1.54) is 10.4 Å². The Morgan fingerprint density at radius 1 is 1.43 bits per heavy atom. The molecular weight excluding hydrogens is 288 g/mol. The third kappa shape index (κ3) is 2.38. The van der Waals surface area contributed by atoms with Gasteiger partial charge in [0, 0.05) is 30.2 Å². The number of imidazole rings is 1. The first-order valence-electron chi connectivity index (χ1n) is 6.77. The van der Waals surface area contributed by atoms with Gasteiger partial charge >= 0.3 is 0 Å². The smallest absolute Gasteiger partial charge is 0.268 e. The standard InChI is InChI=1S/C14H14N4O2S/c1-18-8-15-6-10(18)5-13-16-14(20-17-13)12-4-9-7-19-3-2-11(9)21-12/h4,6,8H,2-3,5,7H2,1H3. The molecule has 1 aliphatic rings. The fraction of sp³-hybridized carbons (Fsp3) is 0.357. The maximum absolute atomic E-state index is 5.46. The molecule has 108 valence electrons. The summed E-state index contributed by atoms with van der Waals surface area (Å²) < 4.78 is 12.8. The summed E-state index contributed by atoms with van der Waals surface area (Å²) in [6.45, 7) is 1.48. The van der Waals surface area contributed by atoms with Gasteiger partial charge in [0.1, 0.15) is 0 Å². The van der Waals surface area contributed by atoms with E-state index in [4.69, 9.17) is 9.26 Å². The van der Waals surface area contributed by atoms with Gasteiger partial charge in [-0.05, 0) is 11.6 Å². The van der Waals surface area contributed by atoms with Crippen LogP contribution in [0, 0.1) is 0 Å². The zero-order valence-electron chi connectivity index (χ0n) is 11.6. The Balaban J connectivity index is 1.59. The molecule has 4 heterocycles. The van der Waals surface area contributed by atoms with Crippen LogP contribution in [0.2, 0.25) is 0 Å². The molecule has 6 nitrogen and oxygen atoms in total. The zero-order chi connectivity index (χ0) is 14.2. The van der Waals surface area contributed by atoms with Crippen LogP contribution >= 0.6 is 11.3 Å². The predicted molar refractivity (Wildman–Crippen MR) is 77.0 cm³/mol. The lowest BCUT2D eigenvalue weighted by Gasteiger charge is -2.10. The highest BCUT2D eigenvalue weighted by Crippen LogP contribution is 2.33. The molecule has 0 fully saturated rings. The first kappa shape index (κ1) is 12.7. The lowest BCUT2D eigenvalue weighted by Crippen LogP contribution is -2.05. The Labute approximate surface area is 125 Å². The van der Waals surface area contributed by atoms with Gasteiger partial charge in [-0.1, -0.05) is 5.16 Å². The van der Waals surface area contributed by atoms with Gasteiger partial charge < -0.3 is 13.8 Å². The first-order chi connectivity index (χ1) is 10.3. The Bertz CT molecular complexity index is 750. The van der Waals surface area contributed by atoms with Gasteiger partial charge in [0.05, 0.1) is 30.8 Å². The van der Waals surface area contributed by atoms with Crippen molar-refractivity contribution in [1.29, 1.82) is 0 Å². The minimum atomic E-state index is 0.589. The van der Waals surface area contributed by atoms with Crippen LogP contribution in [-0.2, 0) is 31.2 Å². The van der Waals surface area contributed by atoms with Gasteiger partial charge in [-0.2, -0.15) is 4.98 Å². The molecule has 3 aromatic rings. The van der Waals surface area contributed by atoms with E-state index in [2.05, 4.69) is 21.2 Å². The van der Waals surface area contributed by atoms with Crippen LogP contribution in [0.15, 0.2) is 23.1 Å². The summed E-state index contributed by atoms with van der Waals surface area (Å²) in [4.78, 5) is 11.0. The van der Waals surface area contributed by atoms with Crippen molar-refractivity contribution in [3.05, 3.63) is 40.5 Å². The number of aromatic nitrogens is 4. The SMILES string of the molecule is Cn1cncc1Cc1noc(-c2cc3c(s2)CCOC3)n1. The molecule has 0 bridgehead atoms. The summed E-state index contributed by atoms with van der Waals surface area (Å²) in [7, 11) is 1.96. The molecule has 0 amide bonds. The molecule has 0 spiro atoms. The summed E-state index contributed by atoms with van der Waals surface area (Å²) in [6.07, 6.45) is 5.17. The third-order valence-electron chi connectivity index (χ3n) is 3.56. The number of ether oxygens (including phenoxy) is 1. The molecule has 0 unspecified atom stereocenters. The minimum Gasteiger partial charge on any atom is -0.376 e. The van der Waals surface area contributed by atoms with E-state index < -0.39 is 0 Å². The number of hydrogen-bond acceptors (Lipinski definition) is 6. The van der Waals surface area contributed by atoms with Crippen LogP contribution in [0.25, 0.3) is 10.8 Å². The second-order valence-corrected chi connectivity index (χ2v) is 6.19. The minimum absolute atomic E-state index is 0.589. The lowest BCUT2D eigenvalue weighted by atomic mass is 10.2. The van der Waals surface area contributed by atoms with Crippen LogP contribution < -0.4 is 0 Å². The van der Waals surface area contributed by atoms with Gasteiger partial charge in [-0.3, -0.25) is 0 Å². The quantitative estimate of drug-likeness (QED) is 0.742. The molecular formula is C14H14N4O2S. The summed E-state index contributed by atoms with van der Waals surface area (Å²) in [6, 6.07) is 2.10. The molecule has 0 N–H and O–H groups in total. The monoisotopic (exact) mass is 302 g/mol. The average Bonchev–Trinajstić information content (AvgIpc) is 3.19. The molecule has 0 aliphatic carbocycles. The fourth-order valence-corrected chi connectivity index (χ4v) is 3.47. The van der Waals surface area contributed by atoms with Crippen LogP contribution in [0.1, 0.15) is 22.0 Å². The highest BCUT2D eigenvalue weighted by Gasteiger charge is 2.18. The van der Waals surface area contributed by atoms with E-state index in [0.717, 1.165) is 23.6 Å². The number of nitrogens with zero attached hydrogens (tertiary/aromatic N) is 4. The first-order valence-corrected chi connectivity index (χ1v) is 7.59. The third-order valence-corrected chi connectivity index (χ3v) is 4.79. The van der Waals surface area contributed by atoms with Crippen molar-refractivity contribution in [3.8, 4) is 10.8 Å². The molecule has 3 aromatic heterocycles. The topological polar surface area (TPSA) is 66.0 Å². The molecule has 21 heavy (non-hydrogen) atoms. The average molecular weight is 302 g/mol. The van der Waals surface area contributed by atoms with E-state index >= 15 is 0 Å². The number of hydrogen-bond donors (Lipinski definition) is 0. The molecule has 0 saturated carbocycles. The van der Waals surface area contributed by atoms with Crippen molar-refractivity contribution >= 4 is 11.3 Å². The van der Waals surface area contributed by atoms with Crippen molar-refractivity contribution in [2.75, 3.05) is 6.61 Å². The Hall–Kier alpha value is -1.99. The van der Waals surface area contributed by atoms with Crippen molar-refractivity contribution < 1.29 is 9.26 Å². The van der Waals surface area contributed by atoms with E-state index in [0.29, 0.717) is 24.7 Å². The van der Waals surface area contributed by atoms with Gasteiger partial charge in [0.2, 0.25) is 0 Å². The molecule has 0 saturated heterocycles. The zero-order valence-corrected chi connectivity index (χ0v) is 12.4. The van der Waals surface area contributed by atoms with E-state index in [9.17, 15) is 0 Å². The summed E-state index contributed by atoms with van der Waals surface area (Å²) in [5.74, 6) is 1.27. The normalized spacial score (nSPS) is 14.3. The van der Waals surface area contributed by atoms with Crippen molar-refractivity contribution in [1.82, 2.24) is 19.7 Å². The second-order valence-electron chi connectivity index (χ2n) is 5.05. The van der Waals surface area contributed by atoms with Crippen LogP contribution in [0.4, 0.5) is 0 Å². The summed E-state index contributed by atoms with van der Waals surface area (Å²) in [5, 5.41) is 4.06. The number of thiophene rings is 1. The van der Waals surface area contributed by atoms with Crippen molar-refractivity contribution in [2.24, 2.45) is 7.05 Å². The van der Waals surface area contributed by atoms with Crippen LogP contribution in [0.5, 0.6) is 0 Å². The summed E-state index contributed by atoms with van der Waals surface area (Å²) in [5.41, 5.74) is 2.30. The maximum atomic E-state index is 5.46. The molecule has 4 rings (SSSR count). The fourth-order valence-electron chi connectivity index (χ4n) is 2.40. The van der Waals surface area contributed by atoms with E-state index in [1.807, 2.05) is 17.8 Å². The molecule has 1 aliphatic heterocycles. The van der Waals surface area contributed by atoms with Crippen LogP contribution in [-0.4, -0.2) is 26.3 Å². The number of fused-ring (bicyclic) bond motifs is 1. The number of rotatable bonds is 3. The second kappa shape index (κ2) is 5.09. The predicted octanol–water partition coefficient (Wildman–Crippen LogP) is 2.20. The largest absolute Gasteiger partial charge is 0.376 e. The summed E-state index contributed by atoms with van der Waals surface area (Å²) >= 11 is 1.72. The van der Waals surface area contributed by atoms with Gasteiger partial charge in [0.15, 0.2) is 5.82 Å². The molecule has 0 radical (unpaired) electrons. The molecule has 0 atom stereocenters. The Morgan fingerprint density at radius 3 is 3.19 bits per heavy atom. The molecule has 7 heteroatoms. The Kier molecular flexibility index (Phi) is 3.08. The van der Waals surface area contributed by atoms with Gasteiger partial charge in [-0.25, -0.2) is 4.98 Å². The van der Waals surface area contributed by atoms with Gasteiger partial charge in [0.25, 0.3) is 5.89 Å². The van der Waals surface area contributed by atoms with Crippen LogP contribution in [0.3, 0.4) is 0 Å². The van der Waals surface area contributed by atoms with Crippen molar-refractivity contribution in [3.63, 3.8) is 0 Å². The lowest BCUT2D eigenvalue weighted by molar-refractivity contribution is 0.112. The number of aryl methyl sites for hydroxylation is 1. The Morgan fingerprint density at radius 2 is 2.38 bits per heavy atom. The molecule has 0 aromatic carbocycles.